The maximum atomic E-state index is 12.0. The summed E-state index contributed by atoms with van der Waals surface area (Å²) in [7, 11) is 0. The van der Waals surface area contributed by atoms with Gasteiger partial charge in [-0.1, -0.05) is 45.7 Å². The molecule has 0 fully saturated rings. The molecule has 0 atom stereocenters. The summed E-state index contributed by atoms with van der Waals surface area (Å²) in [6, 6.07) is 13.8. The number of hydrogen-bond acceptors (Lipinski definition) is 2. The van der Waals surface area contributed by atoms with E-state index in [1.807, 2.05) is 0 Å². The summed E-state index contributed by atoms with van der Waals surface area (Å²) in [5.41, 5.74) is 1.03. The van der Waals surface area contributed by atoms with Crippen LogP contribution in [-0.4, -0.2) is 12.2 Å². The van der Waals surface area contributed by atoms with Gasteiger partial charge in [0.15, 0.2) is 12.3 Å². The molecule has 1 radical (unpaired) electrons. The Labute approximate surface area is 130 Å². The highest BCUT2D eigenvalue weighted by Gasteiger charge is 2.16. The normalized spacial score (nSPS) is 10.3. The molecule has 1 amide bonds. The summed E-state index contributed by atoms with van der Waals surface area (Å²) in [6.07, 6.45) is 0.617. The van der Waals surface area contributed by atoms with Crippen LogP contribution in [0, 0.1) is 6.04 Å². The smallest absolute Gasteiger partial charge is 0.252 e. The van der Waals surface area contributed by atoms with E-state index in [2.05, 4.69) is 21.2 Å². The van der Waals surface area contributed by atoms with Gasteiger partial charge in [0.2, 0.25) is 0 Å². The van der Waals surface area contributed by atoms with Crippen LogP contribution in [0.3, 0.4) is 0 Å². The van der Waals surface area contributed by atoms with E-state index in [0.29, 0.717) is 22.4 Å². The Morgan fingerprint density at radius 1 is 1.10 bits per heavy atom. The van der Waals surface area contributed by atoms with Crippen molar-refractivity contribution in [3.05, 3.63) is 75.2 Å². The van der Waals surface area contributed by atoms with E-state index >= 15 is 0 Å². The summed E-state index contributed by atoms with van der Waals surface area (Å²) in [6.45, 7) is 0. The lowest BCUT2D eigenvalue weighted by molar-refractivity contribution is -0.106. The maximum Gasteiger partial charge on any atom is 0.252 e. The Morgan fingerprint density at radius 2 is 1.80 bits per heavy atom. The Bertz CT molecular complexity index is 628. The van der Waals surface area contributed by atoms with Crippen molar-refractivity contribution in [1.29, 1.82) is 0 Å². The molecule has 0 unspecified atom stereocenters. The molecule has 0 spiro atoms. The first kappa shape index (κ1) is 14.8. The average molecular weight is 352 g/mol. The zero-order chi connectivity index (χ0) is 14.5. The summed E-state index contributed by atoms with van der Waals surface area (Å²) >= 11 is 9.14. The topological polar surface area (TPSA) is 46.2 Å². The van der Waals surface area contributed by atoms with Gasteiger partial charge >= 0.3 is 0 Å². The number of hydrogen-bond donors (Lipinski definition) is 1. The van der Waals surface area contributed by atoms with Crippen LogP contribution in [0.15, 0.2) is 53.0 Å². The zero-order valence-corrected chi connectivity index (χ0v) is 12.6. The third-order valence-corrected chi connectivity index (χ3v) is 3.37. The van der Waals surface area contributed by atoms with Gasteiger partial charge in [-0.3, -0.25) is 4.79 Å². The monoisotopic (exact) mass is 350 g/mol. The van der Waals surface area contributed by atoms with Crippen molar-refractivity contribution in [2.24, 2.45) is 0 Å². The minimum absolute atomic E-state index is 0.211. The van der Waals surface area contributed by atoms with Gasteiger partial charge in [0, 0.05) is 15.1 Å². The molecule has 0 aromatic heterocycles. The van der Waals surface area contributed by atoms with E-state index < -0.39 is 0 Å². The summed E-state index contributed by atoms with van der Waals surface area (Å²) in [4.78, 5) is 23.2. The second-order valence-electron chi connectivity index (χ2n) is 4.00. The van der Waals surface area contributed by atoms with Crippen molar-refractivity contribution in [1.82, 2.24) is 5.32 Å². The molecule has 0 saturated carbocycles. The van der Waals surface area contributed by atoms with Crippen LogP contribution in [0.5, 0.6) is 0 Å². The zero-order valence-electron chi connectivity index (χ0n) is 10.3. The van der Waals surface area contributed by atoms with Crippen LogP contribution in [-0.2, 0) is 4.79 Å². The van der Waals surface area contributed by atoms with Gasteiger partial charge in [-0.25, -0.2) is 0 Å². The highest BCUT2D eigenvalue weighted by molar-refractivity contribution is 9.10. The minimum Gasteiger partial charge on any atom is -0.333 e. The van der Waals surface area contributed by atoms with Gasteiger partial charge in [-0.05, 0) is 35.9 Å². The van der Waals surface area contributed by atoms with Crippen molar-refractivity contribution in [3.63, 3.8) is 0 Å². The number of nitrogens with one attached hydrogen (secondary N) is 1. The predicted octanol–water partition coefficient (Wildman–Crippen LogP) is 3.61. The Morgan fingerprint density at radius 3 is 2.40 bits per heavy atom. The quantitative estimate of drug-likeness (QED) is 0.855. The third-order valence-electron chi connectivity index (χ3n) is 2.61. The molecule has 0 aliphatic rings. The lowest BCUT2D eigenvalue weighted by atomic mass is 10.1. The largest absolute Gasteiger partial charge is 0.333 e. The van der Waals surface area contributed by atoms with E-state index in [-0.39, 0.29) is 11.9 Å². The van der Waals surface area contributed by atoms with E-state index in [9.17, 15) is 9.59 Å². The SMILES string of the molecule is O=C[C](NC(=O)c1cccc(Cl)c1)c1ccc(Br)cc1. The molecule has 2 rings (SSSR count). The van der Waals surface area contributed by atoms with E-state index in [1.165, 1.54) is 0 Å². The van der Waals surface area contributed by atoms with E-state index in [4.69, 9.17) is 11.6 Å². The fourth-order valence-electron chi connectivity index (χ4n) is 1.62. The fourth-order valence-corrected chi connectivity index (χ4v) is 2.08. The molecule has 20 heavy (non-hydrogen) atoms. The molecule has 0 aliphatic heterocycles. The second kappa shape index (κ2) is 6.68. The molecule has 0 aliphatic carbocycles. The molecule has 0 saturated heterocycles. The van der Waals surface area contributed by atoms with E-state index in [0.717, 1.165) is 4.47 Å². The first-order chi connectivity index (χ1) is 9.60. The van der Waals surface area contributed by atoms with Crippen LogP contribution in [0.1, 0.15) is 15.9 Å². The van der Waals surface area contributed by atoms with Crippen molar-refractivity contribution in [2.45, 2.75) is 0 Å². The van der Waals surface area contributed by atoms with Gasteiger partial charge in [-0.15, -0.1) is 0 Å². The maximum absolute atomic E-state index is 12.0. The predicted molar refractivity (Wildman–Crippen MR) is 81.5 cm³/mol. The molecular formula is C15H10BrClNO2. The minimum atomic E-state index is -0.377. The molecule has 0 bridgehead atoms. The third kappa shape index (κ3) is 3.68. The first-order valence-corrected chi connectivity index (χ1v) is 6.92. The number of amides is 1. The van der Waals surface area contributed by atoms with Crippen molar-refractivity contribution < 1.29 is 9.59 Å². The molecule has 3 nitrogen and oxygen atoms in total. The van der Waals surface area contributed by atoms with Crippen molar-refractivity contribution in [2.75, 3.05) is 0 Å². The molecule has 5 heteroatoms. The van der Waals surface area contributed by atoms with Crippen LogP contribution in [0.2, 0.25) is 5.02 Å². The van der Waals surface area contributed by atoms with Crippen LogP contribution >= 0.6 is 27.5 Å². The van der Waals surface area contributed by atoms with Gasteiger partial charge in [0.05, 0.1) is 0 Å². The van der Waals surface area contributed by atoms with Crippen LogP contribution in [0.4, 0.5) is 0 Å². The van der Waals surface area contributed by atoms with Crippen molar-refractivity contribution >= 4 is 39.7 Å². The highest BCUT2D eigenvalue weighted by atomic mass is 79.9. The number of aldehydes is 1. The number of rotatable bonds is 4. The summed E-state index contributed by atoms with van der Waals surface area (Å²) < 4.78 is 0.896. The molecule has 2 aromatic carbocycles. The van der Waals surface area contributed by atoms with Gasteiger partial charge in [0.1, 0.15) is 0 Å². The van der Waals surface area contributed by atoms with Gasteiger partial charge in [-0.2, -0.15) is 0 Å². The highest BCUT2D eigenvalue weighted by Crippen LogP contribution is 2.16. The van der Waals surface area contributed by atoms with Crippen LogP contribution in [0.25, 0.3) is 0 Å². The molecule has 1 N–H and O–H groups in total. The standard InChI is InChI=1S/C15H10BrClNO2/c16-12-6-4-10(5-7-12)14(9-19)18-15(20)11-2-1-3-13(17)8-11/h1-9H,(H,18,20). The Hall–Kier alpha value is -1.65. The summed E-state index contributed by atoms with van der Waals surface area (Å²) in [5.74, 6) is -0.377. The Kier molecular flexibility index (Phi) is 4.93. The number of carbonyl (C=O) groups excluding carboxylic acids is 2. The molecular weight excluding hydrogens is 342 g/mol. The number of carbonyl (C=O) groups is 2. The van der Waals surface area contributed by atoms with Gasteiger partial charge < -0.3 is 10.1 Å². The number of benzene rings is 2. The fraction of sp³-hybridized carbons (Fsp3) is 0. The summed E-state index contributed by atoms with van der Waals surface area (Å²) in [5, 5.41) is 3.05. The van der Waals surface area contributed by atoms with Gasteiger partial charge in [0.25, 0.3) is 5.91 Å². The van der Waals surface area contributed by atoms with E-state index in [1.54, 1.807) is 48.5 Å². The lowest BCUT2D eigenvalue weighted by Crippen LogP contribution is -2.30. The molecule has 0 heterocycles. The molecule has 2 aromatic rings. The van der Waals surface area contributed by atoms with Crippen molar-refractivity contribution in [3.8, 4) is 0 Å². The second-order valence-corrected chi connectivity index (χ2v) is 5.36. The van der Waals surface area contributed by atoms with Crippen LogP contribution < -0.4 is 5.32 Å². The Balaban J connectivity index is 2.16. The lowest BCUT2D eigenvalue weighted by Gasteiger charge is -2.12. The molecule has 101 valence electrons. The first-order valence-electron chi connectivity index (χ1n) is 5.75. The average Bonchev–Trinajstić information content (AvgIpc) is 2.45. The number of halogens is 2.